The summed E-state index contributed by atoms with van der Waals surface area (Å²) in [4.78, 5) is 0.692. The average molecular weight is 261 g/mol. The first-order valence-electron chi connectivity index (χ1n) is 6.14. The van der Waals surface area contributed by atoms with Crippen molar-refractivity contribution in [3.63, 3.8) is 0 Å². The second-order valence-electron chi connectivity index (χ2n) is 5.91. The van der Waals surface area contributed by atoms with E-state index in [-0.39, 0.29) is 0 Å². The normalized spacial score (nSPS) is 22.3. The molecule has 14 heavy (non-hydrogen) atoms. The van der Waals surface area contributed by atoms with Crippen molar-refractivity contribution in [3.8, 4) is 0 Å². The molecule has 1 atom stereocenters. The number of alkyl halides is 1. The van der Waals surface area contributed by atoms with Crippen molar-refractivity contribution in [1.29, 1.82) is 0 Å². The lowest BCUT2D eigenvalue weighted by Gasteiger charge is -2.28. The van der Waals surface area contributed by atoms with Gasteiger partial charge in [0.05, 0.1) is 0 Å². The van der Waals surface area contributed by atoms with E-state index in [1.807, 2.05) is 0 Å². The van der Waals surface area contributed by atoms with E-state index in [0.29, 0.717) is 10.2 Å². The summed E-state index contributed by atoms with van der Waals surface area (Å²) in [5.74, 6) is 1.03. The highest BCUT2D eigenvalue weighted by atomic mass is 79.9. The highest BCUT2D eigenvalue weighted by molar-refractivity contribution is 9.09. The van der Waals surface area contributed by atoms with E-state index in [1.165, 1.54) is 44.9 Å². The molecule has 1 saturated carbocycles. The van der Waals surface area contributed by atoms with Gasteiger partial charge in [0.15, 0.2) is 0 Å². The molecule has 0 aromatic heterocycles. The molecule has 0 aromatic carbocycles. The van der Waals surface area contributed by atoms with Gasteiger partial charge in [0.1, 0.15) is 0 Å². The van der Waals surface area contributed by atoms with Crippen molar-refractivity contribution >= 4 is 15.9 Å². The van der Waals surface area contributed by atoms with Crippen LogP contribution in [0.4, 0.5) is 0 Å². The Balaban J connectivity index is 2.19. The van der Waals surface area contributed by atoms with Crippen LogP contribution < -0.4 is 0 Å². The van der Waals surface area contributed by atoms with Crippen molar-refractivity contribution in [3.05, 3.63) is 0 Å². The van der Waals surface area contributed by atoms with Crippen LogP contribution in [-0.4, -0.2) is 4.83 Å². The fourth-order valence-corrected chi connectivity index (χ4v) is 2.56. The first-order chi connectivity index (χ1) is 6.50. The van der Waals surface area contributed by atoms with E-state index >= 15 is 0 Å². The molecule has 1 aliphatic carbocycles. The van der Waals surface area contributed by atoms with Crippen LogP contribution in [0, 0.1) is 11.3 Å². The van der Waals surface area contributed by atoms with E-state index in [0.717, 1.165) is 5.92 Å². The molecule has 0 amide bonds. The van der Waals surface area contributed by atoms with E-state index in [2.05, 4.69) is 36.7 Å². The van der Waals surface area contributed by atoms with E-state index in [4.69, 9.17) is 0 Å². The third-order valence-electron chi connectivity index (χ3n) is 3.49. The molecular formula is C13H25Br. The van der Waals surface area contributed by atoms with Gasteiger partial charge in [-0.2, -0.15) is 0 Å². The van der Waals surface area contributed by atoms with Gasteiger partial charge < -0.3 is 0 Å². The third-order valence-corrected chi connectivity index (χ3v) is 5.32. The minimum Gasteiger partial charge on any atom is -0.0885 e. The lowest BCUT2D eigenvalue weighted by molar-refractivity contribution is 0.304. The van der Waals surface area contributed by atoms with Crippen molar-refractivity contribution in [2.45, 2.75) is 70.5 Å². The summed E-state index contributed by atoms with van der Waals surface area (Å²) in [5, 5.41) is 0. The number of rotatable bonds is 3. The zero-order valence-electron chi connectivity index (χ0n) is 9.98. The summed E-state index contributed by atoms with van der Waals surface area (Å²) in [7, 11) is 0. The molecule has 1 aliphatic rings. The quantitative estimate of drug-likeness (QED) is 0.616. The van der Waals surface area contributed by atoms with Crippen LogP contribution in [0.5, 0.6) is 0 Å². The van der Waals surface area contributed by atoms with Crippen LogP contribution >= 0.6 is 15.9 Å². The third kappa shape index (κ3) is 4.33. The fourth-order valence-electron chi connectivity index (χ4n) is 2.29. The largest absolute Gasteiger partial charge is 0.0885 e. The van der Waals surface area contributed by atoms with Crippen LogP contribution in [0.3, 0.4) is 0 Å². The standard InChI is InChI=1S/C13H25Br/c1-13(2,3)12(14)10-9-11-7-5-4-6-8-11/h11-12H,4-10H2,1-3H3. The maximum Gasteiger partial charge on any atom is 0.0194 e. The molecule has 0 aromatic rings. The number of halogens is 1. The minimum absolute atomic E-state index is 0.425. The molecule has 84 valence electrons. The van der Waals surface area contributed by atoms with Gasteiger partial charge in [0, 0.05) is 4.83 Å². The van der Waals surface area contributed by atoms with Crippen molar-refractivity contribution in [2.75, 3.05) is 0 Å². The Morgan fingerprint density at radius 3 is 2.21 bits per heavy atom. The van der Waals surface area contributed by atoms with Gasteiger partial charge >= 0.3 is 0 Å². The maximum absolute atomic E-state index is 3.83. The molecule has 0 spiro atoms. The average Bonchev–Trinajstić information content (AvgIpc) is 2.14. The Bertz CT molecular complexity index is 151. The molecule has 0 bridgehead atoms. The Labute approximate surface area is 98.0 Å². The smallest absolute Gasteiger partial charge is 0.0194 e. The molecule has 0 N–H and O–H groups in total. The van der Waals surface area contributed by atoms with Gasteiger partial charge in [0.25, 0.3) is 0 Å². The van der Waals surface area contributed by atoms with Crippen LogP contribution in [0.2, 0.25) is 0 Å². The topological polar surface area (TPSA) is 0 Å². The SMILES string of the molecule is CC(C)(C)C(Br)CCC1CCCCC1. The van der Waals surface area contributed by atoms with Gasteiger partial charge in [0.2, 0.25) is 0 Å². The molecule has 0 radical (unpaired) electrons. The summed E-state index contributed by atoms with van der Waals surface area (Å²) in [6.07, 6.45) is 10.2. The van der Waals surface area contributed by atoms with Crippen LogP contribution in [0.1, 0.15) is 65.7 Å². The highest BCUT2D eigenvalue weighted by Gasteiger charge is 2.23. The predicted octanol–water partition coefficient (Wildman–Crippen LogP) is 5.16. The zero-order chi connectivity index (χ0) is 10.6. The first-order valence-corrected chi connectivity index (χ1v) is 7.06. The van der Waals surface area contributed by atoms with Gasteiger partial charge in [-0.25, -0.2) is 0 Å². The van der Waals surface area contributed by atoms with E-state index < -0.39 is 0 Å². The Morgan fingerprint density at radius 1 is 1.14 bits per heavy atom. The lowest BCUT2D eigenvalue weighted by atomic mass is 9.82. The minimum atomic E-state index is 0.425. The fraction of sp³-hybridized carbons (Fsp3) is 1.00. The summed E-state index contributed by atoms with van der Waals surface area (Å²) in [5.41, 5.74) is 0.425. The monoisotopic (exact) mass is 260 g/mol. The zero-order valence-corrected chi connectivity index (χ0v) is 11.6. The highest BCUT2D eigenvalue weighted by Crippen LogP contribution is 2.34. The van der Waals surface area contributed by atoms with Gasteiger partial charge in [-0.15, -0.1) is 0 Å². The molecule has 0 heterocycles. The molecule has 1 rings (SSSR count). The number of hydrogen-bond donors (Lipinski definition) is 0. The molecule has 0 aliphatic heterocycles. The van der Waals surface area contributed by atoms with Crippen molar-refractivity contribution < 1.29 is 0 Å². The second-order valence-corrected chi connectivity index (χ2v) is 7.02. The maximum atomic E-state index is 3.83. The van der Waals surface area contributed by atoms with Crippen molar-refractivity contribution in [1.82, 2.24) is 0 Å². The van der Waals surface area contributed by atoms with Crippen LogP contribution in [0.25, 0.3) is 0 Å². The summed E-state index contributed by atoms with van der Waals surface area (Å²) >= 11 is 3.83. The Morgan fingerprint density at radius 2 is 1.71 bits per heavy atom. The number of hydrogen-bond acceptors (Lipinski definition) is 0. The summed E-state index contributed by atoms with van der Waals surface area (Å²) in [6, 6.07) is 0. The van der Waals surface area contributed by atoms with Gasteiger partial charge in [-0.3, -0.25) is 0 Å². The van der Waals surface area contributed by atoms with Crippen molar-refractivity contribution in [2.24, 2.45) is 11.3 Å². The van der Waals surface area contributed by atoms with Crippen LogP contribution in [0.15, 0.2) is 0 Å². The molecule has 1 heteroatoms. The molecule has 1 fully saturated rings. The lowest BCUT2D eigenvalue weighted by Crippen LogP contribution is -2.21. The molecule has 1 unspecified atom stereocenters. The first kappa shape index (κ1) is 12.5. The van der Waals surface area contributed by atoms with Crippen LogP contribution in [-0.2, 0) is 0 Å². The van der Waals surface area contributed by atoms with Gasteiger partial charge in [-0.05, 0) is 24.2 Å². The van der Waals surface area contributed by atoms with E-state index in [1.54, 1.807) is 0 Å². The van der Waals surface area contributed by atoms with Gasteiger partial charge in [-0.1, -0.05) is 68.8 Å². The molecule has 0 nitrogen and oxygen atoms in total. The predicted molar refractivity (Wildman–Crippen MR) is 68.0 cm³/mol. The molecule has 0 saturated heterocycles. The Hall–Kier alpha value is 0.480. The second kappa shape index (κ2) is 5.53. The Kier molecular flexibility index (Phi) is 4.96. The van der Waals surface area contributed by atoms with E-state index in [9.17, 15) is 0 Å². The molecular weight excluding hydrogens is 236 g/mol. The summed E-state index contributed by atoms with van der Waals surface area (Å²) < 4.78 is 0. The summed E-state index contributed by atoms with van der Waals surface area (Å²) in [6.45, 7) is 6.98.